The van der Waals surface area contributed by atoms with Crippen molar-refractivity contribution in [3.63, 3.8) is 0 Å². The van der Waals surface area contributed by atoms with Gasteiger partial charge in [0, 0.05) is 24.2 Å². The lowest BCUT2D eigenvalue weighted by Crippen LogP contribution is -2.33. The van der Waals surface area contributed by atoms with Gasteiger partial charge in [-0.25, -0.2) is 9.97 Å². The summed E-state index contributed by atoms with van der Waals surface area (Å²) in [7, 11) is 0. The lowest BCUT2D eigenvalue weighted by Gasteiger charge is -2.21. The second kappa shape index (κ2) is 21.3. The molecule has 0 fully saturated rings. The average Bonchev–Trinajstić information content (AvgIpc) is 3.23. The van der Waals surface area contributed by atoms with Gasteiger partial charge >= 0.3 is 11.9 Å². The summed E-state index contributed by atoms with van der Waals surface area (Å²) in [5, 5.41) is 15.4. The molecule has 6 rings (SSSR count). The first kappa shape index (κ1) is 44.3. The molecule has 0 amide bonds. The Hall–Kier alpha value is -6.82. The number of carbonyl (C=O) groups excluding carboxylic acids is 1. The van der Waals surface area contributed by atoms with Crippen molar-refractivity contribution in [2.24, 2.45) is 0 Å². The predicted molar refractivity (Wildman–Crippen MR) is 237 cm³/mol. The second-order valence-corrected chi connectivity index (χ2v) is 15.2. The summed E-state index contributed by atoms with van der Waals surface area (Å²) in [5.41, 5.74) is 5.86. The summed E-state index contributed by atoms with van der Waals surface area (Å²) in [5.74, 6) is -1.15. The zero-order chi connectivity index (χ0) is 43.1. The first-order valence-corrected chi connectivity index (χ1v) is 20.2. The van der Waals surface area contributed by atoms with E-state index in [2.05, 4.69) is 27.5 Å². The van der Waals surface area contributed by atoms with Gasteiger partial charge in [-0.2, -0.15) is 0 Å². The quantitative estimate of drug-likeness (QED) is 0.0829. The van der Waals surface area contributed by atoms with Crippen LogP contribution in [0.15, 0.2) is 131 Å². The molecular weight excluding hydrogens is 757 g/mol. The first-order chi connectivity index (χ1) is 28.8. The number of benzene rings is 4. The Morgan fingerprint density at radius 2 is 1.03 bits per heavy atom. The molecule has 2 aromatic heterocycles. The number of nitrogens with zero attached hydrogens (tertiary/aromatic N) is 4. The van der Waals surface area contributed by atoms with Crippen LogP contribution in [-0.2, 0) is 53.1 Å². The zero-order valence-corrected chi connectivity index (χ0v) is 35.0. The van der Waals surface area contributed by atoms with Gasteiger partial charge in [0.1, 0.15) is 18.7 Å². The highest BCUT2D eigenvalue weighted by Crippen LogP contribution is 2.22. The number of carbonyl (C=O) groups is 2. The van der Waals surface area contributed by atoms with Crippen molar-refractivity contribution in [3.8, 4) is 22.5 Å². The average molecular weight is 811 g/mol. The molecule has 12 heteroatoms. The molecule has 60 heavy (non-hydrogen) atoms. The number of aromatic nitrogens is 4. The third-order valence-corrected chi connectivity index (χ3v) is 9.47. The van der Waals surface area contributed by atoms with Gasteiger partial charge in [0.05, 0.1) is 23.8 Å². The van der Waals surface area contributed by atoms with E-state index < -0.39 is 29.6 Å². The molecule has 6 aromatic rings. The molecule has 3 N–H and O–H groups in total. The summed E-state index contributed by atoms with van der Waals surface area (Å²) in [4.78, 5) is 58.7. The number of aliphatic carboxylic acids is 1. The van der Waals surface area contributed by atoms with E-state index in [1.807, 2.05) is 137 Å². The highest BCUT2D eigenvalue weighted by atomic mass is 16.6. The van der Waals surface area contributed by atoms with Crippen molar-refractivity contribution in [1.29, 1.82) is 0 Å². The van der Waals surface area contributed by atoms with E-state index in [4.69, 9.17) is 4.74 Å². The fraction of sp³-hybridized carbons (Fsp3) is 0.292. The number of ether oxygens (including phenoxy) is 1. The van der Waals surface area contributed by atoms with Crippen LogP contribution >= 0.6 is 0 Å². The van der Waals surface area contributed by atoms with E-state index in [0.717, 1.165) is 53.5 Å². The van der Waals surface area contributed by atoms with E-state index in [1.54, 1.807) is 12.4 Å². The summed E-state index contributed by atoms with van der Waals surface area (Å²) in [6, 6.07) is 35.6. The van der Waals surface area contributed by atoms with Crippen LogP contribution in [0.1, 0.15) is 56.9 Å². The maximum absolute atomic E-state index is 13.3. The van der Waals surface area contributed by atoms with Crippen molar-refractivity contribution in [3.05, 3.63) is 165 Å². The van der Waals surface area contributed by atoms with E-state index in [9.17, 15) is 24.3 Å². The highest BCUT2D eigenvalue weighted by Gasteiger charge is 2.21. The molecule has 0 aliphatic carbocycles. The molecule has 0 saturated heterocycles. The van der Waals surface area contributed by atoms with Gasteiger partial charge in [0.25, 0.3) is 11.1 Å². The SMILES string of the molecule is CCc1cccc(-c2cnc(NCCc3ccccc3)c(=O)n2CC(=O)O)c1.CCc1cccc(-c2cnc(NCCc3ccccc3)c(=O)n2CC(=O)OC(C)(C)C)c1. The Morgan fingerprint density at radius 3 is 1.43 bits per heavy atom. The van der Waals surface area contributed by atoms with Crippen LogP contribution in [0.3, 0.4) is 0 Å². The Labute approximate surface area is 351 Å². The van der Waals surface area contributed by atoms with Crippen molar-refractivity contribution in [1.82, 2.24) is 19.1 Å². The largest absolute Gasteiger partial charge is 0.480 e. The van der Waals surface area contributed by atoms with E-state index in [-0.39, 0.29) is 23.7 Å². The van der Waals surface area contributed by atoms with Gasteiger partial charge in [-0.3, -0.25) is 28.3 Å². The number of nitrogens with one attached hydrogen (secondary N) is 2. The molecule has 2 heterocycles. The number of hydrogen-bond acceptors (Lipinski definition) is 9. The molecule has 0 unspecified atom stereocenters. The predicted octanol–water partition coefficient (Wildman–Crippen LogP) is 7.68. The van der Waals surface area contributed by atoms with Crippen molar-refractivity contribution in [2.75, 3.05) is 23.7 Å². The number of hydrogen-bond donors (Lipinski definition) is 3. The Bertz CT molecular complexity index is 2470. The standard InChI is InChI=1S/C26H31N3O3.C22H23N3O3/c1-5-19-12-9-13-21(16-19)22-17-28-24(27-15-14-20-10-7-6-8-11-20)25(31)29(22)18-23(30)32-26(2,3)4;1-2-16-9-6-10-18(13-16)19-14-24-21(22(28)25(19)15-20(26)27)23-12-11-17-7-4-3-5-8-17/h6-13,16-17H,5,14-15,18H2,1-4H3,(H,27,28);3-10,13-14H,2,11-12,15H2,1H3,(H,23,24)(H,26,27). The minimum Gasteiger partial charge on any atom is -0.480 e. The third kappa shape index (κ3) is 12.8. The number of anilines is 2. The lowest BCUT2D eigenvalue weighted by atomic mass is 10.1. The monoisotopic (exact) mass is 810 g/mol. The minimum atomic E-state index is -1.07. The molecular formula is C48H54N6O6. The number of carboxylic acid groups (broad SMARTS) is 1. The molecule has 312 valence electrons. The van der Waals surface area contributed by atoms with Crippen molar-refractivity contribution < 1.29 is 19.4 Å². The van der Waals surface area contributed by atoms with Crippen LogP contribution in [0.4, 0.5) is 11.6 Å². The molecule has 0 spiro atoms. The third-order valence-electron chi connectivity index (χ3n) is 9.47. The lowest BCUT2D eigenvalue weighted by molar-refractivity contribution is -0.155. The molecule has 0 saturated carbocycles. The molecule has 0 aliphatic heterocycles. The Kier molecular flexibility index (Phi) is 15.7. The fourth-order valence-electron chi connectivity index (χ4n) is 6.47. The van der Waals surface area contributed by atoms with Crippen LogP contribution in [0.5, 0.6) is 0 Å². The molecule has 12 nitrogen and oxygen atoms in total. The summed E-state index contributed by atoms with van der Waals surface area (Å²) < 4.78 is 8.18. The van der Waals surface area contributed by atoms with Gasteiger partial charge in [-0.1, -0.05) is 111 Å². The first-order valence-electron chi connectivity index (χ1n) is 20.2. The molecule has 0 atom stereocenters. The normalized spacial score (nSPS) is 10.9. The van der Waals surface area contributed by atoms with Gasteiger partial charge in [0.2, 0.25) is 0 Å². The van der Waals surface area contributed by atoms with Crippen LogP contribution in [0, 0.1) is 0 Å². The summed E-state index contributed by atoms with van der Waals surface area (Å²) >= 11 is 0. The number of carboxylic acids is 1. The van der Waals surface area contributed by atoms with Gasteiger partial charge in [-0.15, -0.1) is 0 Å². The molecule has 0 aliphatic rings. The number of aryl methyl sites for hydroxylation is 2. The Balaban J connectivity index is 0.000000230. The molecule has 0 bridgehead atoms. The summed E-state index contributed by atoms with van der Waals surface area (Å²) in [6.45, 7) is 10.0. The summed E-state index contributed by atoms with van der Waals surface area (Å²) in [6.07, 6.45) is 6.42. The van der Waals surface area contributed by atoms with Crippen molar-refractivity contribution in [2.45, 2.75) is 79.0 Å². The van der Waals surface area contributed by atoms with Gasteiger partial charge < -0.3 is 20.5 Å². The minimum absolute atomic E-state index is 0.160. The van der Waals surface area contributed by atoms with Crippen LogP contribution < -0.4 is 21.8 Å². The van der Waals surface area contributed by atoms with Crippen LogP contribution in [-0.4, -0.2) is 54.8 Å². The maximum Gasteiger partial charge on any atom is 0.326 e. The fourth-order valence-corrected chi connectivity index (χ4v) is 6.47. The van der Waals surface area contributed by atoms with Crippen LogP contribution in [0.25, 0.3) is 22.5 Å². The van der Waals surface area contributed by atoms with Crippen molar-refractivity contribution >= 4 is 23.6 Å². The van der Waals surface area contributed by atoms with E-state index in [1.165, 1.54) is 14.7 Å². The van der Waals surface area contributed by atoms with E-state index in [0.29, 0.717) is 24.5 Å². The van der Waals surface area contributed by atoms with Gasteiger partial charge in [0.15, 0.2) is 11.6 Å². The van der Waals surface area contributed by atoms with E-state index >= 15 is 0 Å². The number of rotatable bonds is 16. The smallest absolute Gasteiger partial charge is 0.326 e. The molecule has 0 radical (unpaired) electrons. The second-order valence-electron chi connectivity index (χ2n) is 15.2. The zero-order valence-electron chi connectivity index (χ0n) is 35.0. The highest BCUT2D eigenvalue weighted by molar-refractivity contribution is 5.72. The number of esters is 1. The maximum atomic E-state index is 13.3. The van der Waals surface area contributed by atoms with Gasteiger partial charge in [-0.05, 0) is 80.8 Å². The Morgan fingerprint density at radius 1 is 0.617 bits per heavy atom. The van der Waals surface area contributed by atoms with Crippen LogP contribution in [0.2, 0.25) is 0 Å². The topological polar surface area (TPSA) is 157 Å². The molecule has 4 aromatic carbocycles.